The van der Waals surface area contributed by atoms with Crippen molar-refractivity contribution < 1.29 is 41.9 Å². The van der Waals surface area contributed by atoms with E-state index in [2.05, 4.69) is 15.4 Å². The van der Waals surface area contributed by atoms with E-state index in [9.17, 15) is 32.4 Å². The van der Waals surface area contributed by atoms with Gasteiger partial charge in [0.25, 0.3) is 5.91 Å². The van der Waals surface area contributed by atoms with E-state index in [0.717, 1.165) is 24.0 Å². The van der Waals surface area contributed by atoms with Gasteiger partial charge in [-0.05, 0) is 64.6 Å². The highest BCUT2D eigenvalue weighted by Crippen LogP contribution is 2.46. The molecule has 16 nitrogen and oxygen atoms in total. The number of benzene rings is 1. The molecule has 1 saturated carbocycles. The minimum Gasteiger partial charge on any atom is -0.444 e. The van der Waals surface area contributed by atoms with E-state index >= 15 is 0 Å². The Bertz CT molecular complexity index is 1730. The van der Waals surface area contributed by atoms with Crippen LogP contribution in [0.1, 0.15) is 76.8 Å². The lowest BCUT2D eigenvalue weighted by Crippen LogP contribution is -2.60. The first-order valence-electron chi connectivity index (χ1n) is 18.9. The minimum absolute atomic E-state index is 0.0684. The lowest BCUT2D eigenvalue weighted by atomic mass is 10.0. The number of allylic oxidation sites excluding steroid dienone is 1. The van der Waals surface area contributed by atoms with Gasteiger partial charge in [0.05, 0.1) is 6.54 Å². The van der Waals surface area contributed by atoms with Crippen LogP contribution in [0.2, 0.25) is 0 Å². The van der Waals surface area contributed by atoms with Crippen molar-refractivity contribution in [2.45, 2.75) is 108 Å². The van der Waals surface area contributed by atoms with Gasteiger partial charge in [-0.3, -0.25) is 19.3 Å². The molecule has 54 heavy (non-hydrogen) atoms. The molecule has 1 aromatic carbocycles. The fraction of sp³-hybridized carbons (Fsp3) is 0.649. The third-order valence-corrected chi connectivity index (χ3v) is 12.2. The standard InChI is InChI=1S/C37H53N7O9S/c1-36(2,3)53-34(48)38-29-15-9-7-5-6-8-14-27-21-37(27,33(47)40-54(50,51)43-18-16-41(4)17-19-43)39-31(45)30-20-28(24-44(30)32(29)46)52-35(49)42-22-25-12-10-11-13-26(25)23-42/h8,10-14,27-30H,5-7,9,15-24H2,1-4H3,(H,38,48)(H,39,45)(H,40,47)/t27-,28-,29-,30+,37-/m1/s1. The second-order valence-electron chi connectivity index (χ2n) is 16.0. The Balaban J connectivity index is 1.24. The Morgan fingerprint density at radius 3 is 2.33 bits per heavy atom. The van der Waals surface area contributed by atoms with Crippen LogP contribution in [0.5, 0.6) is 0 Å². The van der Waals surface area contributed by atoms with Crippen molar-refractivity contribution in [3.63, 3.8) is 0 Å². The van der Waals surface area contributed by atoms with Crippen molar-refractivity contribution >= 4 is 40.1 Å². The number of carbonyl (C=O) groups excluding carboxylic acids is 5. The monoisotopic (exact) mass is 771 g/mol. The van der Waals surface area contributed by atoms with Gasteiger partial charge in [-0.1, -0.05) is 49.3 Å². The Hall–Kier alpha value is -4.22. The lowest BCUT2D eigenvalue weighted by molar-refractivity contribution is -0.141. The zero-order valence-electron chi connectivity index (χ0n) is 31.5. The van der Waals surface area contributed by atoms with Gasteiger partial charge in [0, 0.05) is 51.6 Å². The van der Waals surface area contributed by atoms with Crippen molar-refractivity contribution in [2.75, 3.05) is 39.8 Å². The first kappa shape index (κ1) is 39.5. The molecule has 5 amide bonds. The highest BCUT2D eigenvalue weighted by atomic mass is 32.2. The van der Waals surface area contributed by atoms with E-state index in [1.807, 2.05) is 48.4 Å². The average Bonchev–Trinajstić information content (AvgIpc) is 3.40. The van der Waals surface area contributed by atoms with E-state index in [4.69, 9.17) is 9.47 Å². The Labute approximate surface area is 317 Å². The van der Waals surface area contributed by atoms with Gasteiger partial charge in [0.1, 0.15) is 29.3 Å². The number of nitrogens with zero attached hydrogens (tertiary/aromatic N) is 4. The van der Waals surface area contributed by atoms with Gasteiger partial charge in [-0.2, -0.15) is 12.7 Å². The molecule has 0 bridgehead atoms. The number of hydrogen-bond donors (Lipinski definition) is 3. The number of amides is 5. The summed E-state index contributed by atoms with van der Waals surface area (Å²) in [6.07, 6.45) is 4.67. The fourth-order valence-electron chi connectivity index (χ4n) is 7.60. The first-order valence-corrected chi connectivity index (χ1v) is 20.3. The van der Waals surface area contributed by atoms with Crippen LogP contribution in [0.4, 0.5) is 9.59 Å². The molecule has 296 valence electrons. The summed E-state index contributed by atoms with van der Waals surface area (Å²) >= 11 is 0. The zero-order chi connectivity index (χ0) is 38.8. The van der Waals surface area contributed by atoms with Gasteiger partial charge < -0.3 is 29.9 Å². The van der Waals surface area contributed by atoms with Crippen LogP contribution in [0.25, 0.3) is 0 Å². The third kappa shape index (κ3) is 9.17. The summed E-state index contributed by atoms with van der Waals surface area (Å²) in [5.74, 6) is -2.58. The SMILES string of the molecule is CN1CCN(S(=O)(=O)NC(=O)[C@@]23C[C@H]2C=CCCCCC[C@@H](NC(=O)OC(C)(C)C)C(=O)N2C[C@H](OC(=O)N4Cc5ccccc5C4)C[C@H]2C(=O)N3)CC1. The molecule has 2 saturated heterocycles. The maximum absolute atomic E-state index is 14.4. The number of hydrogen-bond acceptors (Lipinski definition) is 10. The van der Waals surface area contributed by atoms with Crippen LogP contribution in [0.15, 0.2) is 36.4 Å². The number of likely N-dealkylation sites (N-methyl/N-ethyl adjacent to an activating group) is 1. The van der Waals surface area contributed by atoms with E-state index in [1.165, 1.54) is 9.21 Å². The van der Waals surface area contributed by atoms with Crippen molar-refractivity contribution in [2.24, 2.45) is 5.92 Å². The summed E-state index contributed by atoms with van der Waals surface area (Å²) < 4.78 is 41.5. The van der Waals surface area contributed by atoms with Crippen LogP contribution in [-0.4, -0.2) is 126 Å². The van der Waals surface area contributed by atoms with E-state index in [1.54, 1.807) is 25.7 Å². The van der Waals surface area contributed by atoms with Gasteiger partial charge >= 0.3 is 22.4 Å². The van der Waals surface area contributed by atoms with Crippen LogP contribution >= 0.6 is 0 Å². The number of fused-ring (bicyclic) bond motifs is 3. The molecule has 5 atom stereocenters. The number of alkyl carbamates (subject to hydrolysis) is 1. The van der Waals surface area contributed by atoms with Crippen molar-refractivity contribution in [3.8, 4) is 0 Å². The largest absolute Gasteiger partial charge is 0.444 e. The number of carbonyl (C=O) groups is 5. The molecule has 0 unspecified atom stereocenters. The van der Waals surface area contributed by atoms with Crippen LogP contribution in [0, 0.1) is 5.92 Å². The Morgan fingerprint density at radius 2 is 1.67 bits per heavy atom. The van der Waals surface area contributed by atoms with Crippen LogP contribution in [0.3, 0.4) is 0 Å². The highest BCUT2D eigenvalue weighted by molar-refractivity contribution is 7.87. The average molecular weight is 772 g/mol. The molecule has 1 aliphatic carbocycles. The summed E-state index contributed by atoms with van der Waals surface area (Å²) in [5, 5.41) is 5.54. The number of ether oxygens (including phenoxy) is 2. The molecular weight excluding hydrogens is 719 g/mol. The summed E-state index contributed by atoms with van der Waals surface area (Å²) in [6.45, 7) is 7.17. The van der Waals surface area contributed by atoms with E-state index in [0.29, 0.717) is 39.0 Å². The van der Waals surface area contributed by atoms with Crippen LogP contribution in [-0.2, 0) is 47.2 Å². The van der Waals surface area contributed by atoms with Crippen molar-refractivity contribution in [3.05, 3.63) is 47.5 Å². The number of piperazine rings is 1. The molecule has 6 rings (SSSR count). The molecular formula is C37H53N7O9S. The third-order valence-electron chi connectivity index (χ3n) is 10.7. The summed E-state index contributed by atoms with van der Waals surface area (Å²) in [4.78, 5) is 73.9. The molecule has 0 spiro atoms. The van der Waals surface area contributed by atoms with Gasteiger partial charge in [-0.15, -0.1) is 0 Å². The smallest absolute Gasteiger partial charge is 0.410 e. The zero-order valence-corrected chi connectivity index (χ0v) is 32.4. The number of nitrogens with one attached hydrogen (secondary N) is 3. The molecule has 4 aliphatic heterocycles. The minimum atomic E-state index is -4.21. The van der Waals surface area contributed by atoms with E-state index < -0.39 is 75.4 Å². The van der Waals surface area contributed by atoms with Gasteiger partial charge in [-0.25, -0.2) is 14.3 Å². The molecule has 17 heteroatoms. The van der Waals surface area contributed by atoms with Crippen molar-refractivity contribution in [1.29, 1.82) is 0 Å². The second kappa shape index (κ2) is 15.9. The molecule has 3 N–H and O–H groups in total. The predicted molar refractivity (Wildman–Crippen MR) is 197 cm³/mol. The van der Waals surface area contributed by atoms with Crippen LogP contribution < -0.4 is 15.4 Å². The quantitative estimate of drug-likeness (QED) is 0.374. The van der Waals surface area contributed by atoms with Gasteiger partial charge in [0.15, 0.2) is 0 Å². The molecule has 4 heterocycles. The predicted octanol–water partition coefficient (Wildman–Crippen LogP) is 2.01. The summed E-state index contributed by atoms with van der Waals surface area (Å²) in [6, 6.07) is 5.45. The Kier molecular flexibility index (Phi) is 11.6. The summed E-state index contributed by atoms with van der Waals surface area (Å²) in [7, 11) is -2.32. The fourth-order valence-corrected chi connectivity index (χ4v) is 8.79. The van der Waals surface area contributed by atoms with E-state index in [-0.39, 0.29) is 38.9 Å². The number of rotatable bonds is 5. The Morgan fingerprint density at radius 1 is 0.981 bits per heavy atom. The normalized spacial score (nSPS) is 28.4. The molecule has 5 aliphatic rings. The molecule has 0 radical (unpaired) electrons. The van der Waals surface area contributed by atoms with Crippen molar-refractivity contribution in [1.82, 2.24) is 34.4 Å². The topological polar surface area (TPSA) is 187 Å². The maximum Gasteiger partial charge on any atom is 0.410 e. The molecule has 0 aromatic heterocycles. The van der Waals surface area contributed by atoms with Gasteiger partial charge in [0.2, 0.25) is 11.8 Å². The highest BCUT2D eigenvalue weighted by Gasteiger charge is 2.62. The second-order valence-corrected chi connectivity index (χ2v) is 17.7. The first-order chi connectivity index (χ1) is 25.5. The lowest BCUT2D eigenvalue weighted by Gasteiger charge is -2.32. The molecule has 1 aromatic rings. The maximum atomic E-state index is 14.4. The summed E-state index contributed by atoms with van der Waals surface area (Å²) in [5.41, 5.74) is -0.389. The molecule has 3 fully saturated rings.